The SMILES string of the molecule is C=CCCOC(=O)[C@@H]1[C@H]2C(=O)N([C@H](CO)c3ccccc3)C(C(=O)N(CC=C)c3ccccc3Cl)C23CC(C)[C@@]1(C)O3. The van der Waals surface area contributed by atoms with Crippen molar-refractivity contribution in [2.24, 2.45) is 17.8 Å². The van der Waals surface area contributed by atoms with Crippen molar-refractivity contribution in [1.82, 2.24) is 4.90 Å². The number of esters is 1. The molecule has 3 saturated heterocycles. The van der Waals surface area contributed by atoms with Crippen LogP contribution in [0.25, 0.3) is 0 Å². The van der Waals surface area contributed by atoms with Gasteiger partial charge in [0.25, 0.3) is 5.91 Å². The van der Waals surface area contributed by atoms with Crippen LogP contribution in [0.4, 0.5) is 5.69 Å². The molecule has 0 saturated carbocycles. The standard InChI is InChI=1S/C33H37ClN2O6/c1-5-7-18-41-31(40)27-26-29(38)36(25(20-37)22-13-9-8-10-14-22)28(33(26)19-21(3)32(27,4)42-33)30(39)35(17-6-2)24-16-12-11-15-23(24)34/h5-6,8-16,21,25-28,37H,1-2,7,17-20H2,3-4H3/t21?,25-,26+,27+,28?,32-,33?/m1/s1. The average Bonchev–Trinajstić information content (AvgIpc) is 3.50. The number of hydrogen-bond donors (Lipinski definition) is 1. The first-order chi connectivity index (χ1) is 20.2. The molecule has 2 aromatic rings. The predicted octanol–water partition coefficient (Wildman–Crippen LogP) is 4.72. The second-order valence-corrected chi connectivity index (χ2v) is 11.9. The van der Waals surface area contributed by atoms with Gasteiger partial charge in [-0.1, -0.05) is 73.1 Å². The van der Waals surface area contributed by atoms with Crippen molar-refractivity contribution >= 4 is 35.1 Å². The Kier molecular flexibility index (Phi) is 8.34. The molecule has 9 heteroatoms. The minimum absolute atomic E-state index is 0.122. The second kappa shape index (κ2) is 11.7. The molecule has 42 heavy (non-hydrogen) atoms. The zero-order valence-electron chi connectivity index (χ0n) is 23.9. The van der Waals surface area contributed by atoms with Gasteiger partial charge < -0.3 is 24.4 Å². The van der Waals surface area contributed by atoms with Crippen molar-refractivity contribution in [3.05, 3.63) is 90.5 Å². The lowest BCUT2D eigenvalue weighted by atomic mass is 9.62. The summed E-state index contributed by atoms with van der Waals surface area (Å²) in [5, 5.41) is 11.1. The first-order valence-corrected chi connectivity index (χ1v) is 14.7. The molecule has 8 nitrogen and oxygen atoms in total. The van der Waals surface area contributed by atoms with E-state index < -0.39 is 59.5 Å². The number of carbonyl (C=O) groups is 3. The van der Waals surface area contributed by atoms with E-state index in [-0.39, 0.29) is 19.1 Å². The molecule has 3 fully saturated rings. The maximum Gasteiger partial charge on any atom is 0.312 e. The van der Waals surface area contributed by atoms with Gasteiger partial charge in [0.1, 0.15) is 17.6 Å². The van der Waals surface area contributed by atoms with Gasteiger partial charge >= 0.3 is 5.97 Å². The minimum atomic E-state index is -1.33. The van der Waals surface area contributed by atoms with Crippen LogP contribution >= 0.6 is 11.6 Å². The first kappa shape index (κ1) is 30.0. The van der Waals surface area contributed by atoms with Crippen molar-refractivity contribution in [3.63, 3.8) is 0 Å². The Hall–Kier alpha value is -3.46. The molecule has 1 spiro atoms. The van der Waals surface area contributed by atoms with Crippen LogP contribution in [0, 0.1) is 17.8 Å². The van der Waals surface area contributed by atoms with Gasteiger partial charge in [-0.05, 0) is 43.4 Å². The lowest BCUT2D eigenvalue weighted by molar-refractivity contribution is -0.162. The molecule has 0 radical (unpaired) electrons. The molecule has 0 aliphatic carbocycles. The van der Waals surface area contributed by atoms with Crippen molar-refractivity contribution in [2.75, 3.05) is 24.7 Å². The van der Waals surface area contributed by atoms with Gasteiger partial charge in [0, 0.05) is 6.54 Å². The van der Waals surface area contributed by atoms with E-state index in [9.17, 15) is 19.5 Å². The van der Waals surface area contributed by atoms with Gasteiger partial charge in [-0.2, -0.15) is 0 Å². The number of carbonyl (C=O) groups excluding carboxylic acids is 3. The monoisotopic (exact) mass is 592 g/mol. The molecule has 3 aliphatic rings. The fraction of sp³-hybridized carbons (Fsp3) is 0.424. The fourth-order valence-corrected chi connectivity index (χ4v) is 7.50. The lowest BCUT2D eigenvalue weighted by Crippen LogP contribution is -2.57. The number of rotatable bonds is 11. The Balaban J connectivity index is 1.67. The summed E-state index contributed by atoms with van der Waals surface area (Å²) in [5.41, 5.74) is -1.23. The summed E-state index contributed by atoms with van der Waals surface area (Å²) < 4.78 is 12.4. The Morgan fingerprint density at radius 1 is 1.19 bits per heavy atom. The van der Waals surface area contributed by atoms with Gasteiger partial charge in [0.2, 0.25) is 5.91 Å². The van der Waals surface area contributed by atoms with E-state index in [1.54, 1.807) is 48.6 Å². The van der Waals surface area contributed by atoms with Crippen LogP contribution in [0.5, 0.6) is 0 Å². The second-order valence-electron chi connectivity index (χ2n) is 11.5. The molecule has 7 atom stereocenters. The van der Waals surface area contributed by atoms with Gasteiger partial charge in [-0.3, -0.25) is 14.4 Å². The lowest BCUT2D eigenvalue weighted by Gasteiger charge is -2.39. The maximum absolute atomic E-state index is 14.9. The van der Waals surface area contributed by atoms with Gasteiger partial charge in [0.15, 0.2) is 0 Å². The number of halogens is 1. The Labute approximate surface area is 251 Å². The molecular formula is C33H37ClN2O6. The summed E-state index contributed by atoms with van der Waals surface area (Å²) in [6.07, 6.45) is 4.09. The highest BCUT2D eigenvalue weighted by Gasteiger charge is 2.81. The summed E-state index contributed by atoms with van der Waals surface area (Å²) in [4.78, 5) is 46.1. The van der Waals surface area contributed by atoms with Crippen LogP contribution in [0.3, 0.4) is 0 Å². The van der Waals surface area contributed by atoms with E-state index in [1.807, 2.05) is 32.0 Å². The third-order valence-corrected chi connectivity index (χ3v) is 9.54. The Bertz CT molecular complexity index is 1380. The van der Waals surface area contributed by atoms with Crippen LogP contribution < -0.4 is 4.90 Å². The molecule has 2 bridgehead atoms. The Morgan fingerprint density at radius 3 is 2.52 bits per heavy atom. The zero-order valence-corrected chi connectivity index (χ0v) is 24.7. The van der Waals surface area contributed by atoms with Crippen LogP contribution in [-0.2, 0) is 23.9 Å². The average molecular weight is 593 g/mol. The summed E-state index contributed by atoms with van der Waals surface area (Å²) in [6.45, 7) is 11.2. The largest absolute Gasteiger partial charge is 0.465 e. The quantitative estimate of drug-likeness (QED) is 0.230. The van der Waals surface area contributed by atoms with Crippen molar-refractivity contribution < 1.29 is 29.0 Å². The van der Waals surface area contributed by atoms with Gasteiger partial charge in [-0.15, -0.1) is 13.2 Å². The topological polar surface area (TPSA) is 96.4 Å². The molecule has 3 aliphatic heterocycles. The number of benzene rings is 2. The van der Waals surface area contributed by atoms with Crippen molar-refractivity contribution in [3.8, 4) is 0 Å². The van der Waals surface area contributed by atoms with Crippen LogP contribution in [0.15, 0.2) is 79.9 Å². The highest BCUT2D eigenvalue weighted by atomic mass is 35.5. The number of likely N-dealkylation sites (tertiary alicyclic amines) is 1. The van der Waals surface area contributed by atoms with E-state index in [4.69, 9.17) is 21.1 Å². The van der Waals surface area contributed by atoms with Crippen LogP contribution in [0.2, 0.25) is 5.02 Å². The predicted molar refractivity (Wildman–Crippen MR) is 160 cm³/mol. The molecule has 222 valence electrons. The van der Waals surface area contributed by atoms with E-state index in [0.29, 0.717) is 29.1 Å². The number of para-hydroxylation sites is 1. The number of aliphatic hydroxyl groups excluding tert-OH is 1. The number of fused-ring (bicyclic) bond motifs is 1. The summed E-state index contributed by atoms with van der Waals surface area (Å²) in [5.74, 6) is -3.44. The van der Waals surface area contributed by atoms with E-state index in [2.05, 4.69) is 13.2 Å². The summed E-state index contributed by atoms with van der Waals surface area (Å²) in [6, 6.07) is 14.0. The van der Waals surface area contributed by atoms with Crippen molar-refractivity contribution in [2.45, 2.75) is 50.0 Å². The fourth-order valence-electron chi connectivity index (χ4n) is 7.27. The molecule has 1 N–H and O–H groups in total. The third kappa shape index (κ3) is 4.57. The number of anilines is 1. The maximum atomic E-state index is 14.9. The van der Waals surface area contributed by atoms with Gasteiger partial charge in [-0.25, -0.2) is 0 Å². The molecule has 2 aromatic carbocycles. The molecule has 3 unspecified atom stereocenters. The number of hydrogen-bond acceptors (Lipinski definition) is 6. The summed E-state index contributed by atoms with van der Waals surface area (Å²) in [7, 11) is 0. The normalized spacial score (nSPS) is 30.1. The van der Waals surface area contributed by atoms with E-state index in [0.717, 1.165) is 0 Å². The highest BCUT2D eigenvalue weighted by Crippen LogP contribution is 2.66. The smallest absolute Gasteiger partial charge is 0.312 e. The van der Waals surface area contributed by atoms with E-state index >= 15 is 0 Å². The summed E-state index contributed by atoms with van der Waals surface area (Å²) >= 11 is 6.57. The first-order valence-electron chi connectivity index (χ1n) is 14.3. The molecule has 5 rings (SSSR count). The van der Waals surface area contributed by atoms with Crippen LogP contribution in [-0.4, -0.2) is 64.8 Å². The highest BCUT2D eigenvalue weighted by molar-refractivity contribution is 6.34. The molecule has 3 heterocycles. The molecule has 0 aromatic heterocycles. The van der Waals surface area contributed by atoms with Gasteiger partial charge in [0.05, 0.1) is 41.5 Å². The number of amides is 2. The number of nitrogens with zero attached hydrogens (tertiary/aromatic N) is 2. The third-order valence-electron chi connectivity index (χ3n) is 9.22. The van der Waals surface area contributed by atoms with Crippen LogP contribution in [0.1, 0.15) is 38.3 Å². The minimum Gasteiger partial charge on any atom is -0.465 e. The molecular weight excluding hydrogens is 556 g/mol. The number of aliphatic hydroxyl groups is 1. The van der Waals surface area contributed by atoms with Crippen molar-refractivity contribution in [1.29, 1.82) is 0 Å². The van der Waals surface area contributed by atoms with E-state index in [1.165, 1.54) is 9.80 Å². The molecule has 2 amide bonds. The zero-order chi connectivity index (χ0) is 30.2. The number of ether oxygens (including phenoxy) is 2. The Morgan fingerprint density at radius 2 is 1.88 bits per heavy atom.